The van der Waals surface area contributed by atoms with E-state index in [4.69, 9.17) is 4.74 Å². The highest BCUT2D eigenvalue weighted by atomic mass is 32.1. The van der Waals surface area contributed by atoms with Crippen molar-refractivity contribution < 1.29 is 4.74 Å². The molecule has 1 N–H and O–H groups in total. The largest absolute Gasteiger partial charge is 0.385 e. The summed E-state index contributed by atoms with van der Waals surface area (Å²) in [5.74, 6) is 0. The van der Waals surface area contributed by atoms with E-state index in [0.717, 1.165) is 48.9 Å². The first-order chi connectivity index (χ1) is 7.36. The third-order valence-electron chi connectivity index (χ3n) is 2.07. The smallest absolute Gasteiger partial charge is 0.117 e. The molecule has 0 aliphatic heterocycles. The molecule has 0 atom stereocenters. The number of methoxy groups -OCH3 is 1. The van der Waals surface area contributed by atoms with E-state index in [2.05, 4.69) is 15.5 Å². The van der Waals surface area contributed by atoms with Crippen molar-refractivity contribution in [2.45, 2.75) is 25.7 Å². The molecule has 15 heavy (non-hydrogen) atoms. The van der Waals surface area contributed by atoms with Crippen molar-refractivity contribution in [2.75, 3.05) is 27.3 Å². The van der Waals surface area contributed by atoms with Crippen LogP contribution >= 0.6 is 11.3 Å². The normalized spacial score (nSPS) is 10.8. The first kappa shape index (κ1) is 12.5. The summed E-state index contributed by atoms with van der Waals surface area (Å²) in [6.45, 7) is 1.84. The molecule has 0 saturated carbocycles. The van der Waals surface area contributed by atoms with Crippen LogP contribution in [0.25, 0.3) is 0 Å². The molecule has 1 heterocycles. The van der Waals surface area contributed by atoms with Crippen LogP contribution in [0, 0.1) is 0 Å². The lowest BCUT2D eigenvalue weighted by molar-refractivity contribution is 0.195. The molecule has 0 aliphatic rings. The molecular formula is C10H19N3OS. The van der Waals surface area contributed by atoms with Gasteiger partial charge < -0.3 is 10.1 Å². The van der Waals surface area contributed by atoms with E-state index < -0.39 is 0 Å². The average molecular weight is 229 g/mol. The molecule has 4 nitrogen and oxygen atoms in total. The zero-order chi connectivity index (χ0) is 10.9. The molecular weight excluding hydrogens is 210 g/mol. The van der Waals surface area contributed by atoms with Gasteiger partial charge in [-0.25, -0.2) is 0 Å². The predicted octanol–water partition coefficient (Wildman–Crippen LogP) is 1.27. The zero-order valence-corrected chi connectivity index (χ0v) is 10.3. The van der Waals surface area contributed by atoms with E-state index in [-0.39, 0.29) is 0 Å². The molecule has 0 saturated heterocycles. The summed E-state index contributed by atoms with van der Waals surface area (Å²) in [5, 5.41) is 13.7. The van der Waals surface area contributed by atoms with Crippen LogP contribution < -0.4 is 5.32 Å². The highest BCUT2D eigenvalue weighted by Crippen LogP contribution is 2.13. The van der Waals surface area contributed by atoms with Crippen LogP contribution in [-0.2, 0) is 17.6 Å². The minimum absolute atomic E-state index is 0.800. The minimum Gasteiger partial charge on any atom is -0.385 e. The van der Waals surface area contributed by atoms with E-state index in [1.54, 1.807) is 18.4 Å². The van der Waals surface area contributed by atoms with Gasteiger partial charge in [0.05, 0.1) is 0 Å². The molecule has 0 bridgehead atoms. The van der Waals surface area contributed by atoms with Gasteiger partial charge in [-0.1, -0.05) is 0 Å². The Hall–Kier alpha value is -0.520. The van der Waals surface area contributed by atoms with E-state index in [1.165, 1.54) is 0 Å². The highest BCUT2D eigenvalue weighted by Gasteiger charge is 2.03. The molecule has 5 heteroatoms. The van der Waals surface area contributed by atoms with E-state index in [9.17, 15) is 0 Å². The van der Waals surface area contributed by atoms with Crippen LogP contribution in [0.2, 0.25) is 0 Å². The van der Waals surface area contributed by atoms with Crippen molar-refractivity contribution in [1.29, 1.82) is 0 Å². The van der Waals surface area contributed by atoms with Crippen molar-refractivity contribution in [3.8, 4) is 0 Å². The average Bonchev–Trinajstić information content (AvgIpc) is 2.67. The van der Waals surface area contributed by atoms with Gasteiger partial charge in [0.25, 0.3) is 0 Å². The third-order valence-corrected chi connectivity index (χ3v) is 3.11. The first-order valence-corrected chi connectivity index (χ1v) is 6.13. The molecule has 86 valence electrons. The molecule has 1 aromatic heterocycles. The van der Waals surface area contributed by atoms with Crippen molar-refractivity contribution in [3.05, 3.63) is 10.0 Å². The van der Waals surface area contributed by atoms with Gasteiger partial charge in [0.1, 0.15) is 10.0 Å². The number of aryl methyl sites for hydroxylation is 2. The van der Waals surface area contributed by atoms with Crippen LogP contribution in [0.3, 0.4) is 0 Å². The monoisotopic (exact) mass is 229 g/mol. The summed E-state index contributed by atoms with van der Waals surface area (Å²) < 4.78 is 5.00. The van der Waals surface area contributed by atoms with Gasteiger partial charge in [0, 0.05) is 26.6 Å². The number of aromatic nitrogens is 2. The molecule has 0 unspecified atom stereocenters. The Balaban J connectivity index is 2.23. The molecule has 0 aromatic carbocycles. The van der Waals surface area contributed by atoms with Gasteiger partial charge in [-0.15, -0.1) is 21.5 Å². The Bertz CT molecular complexity index is 240. The zero-order valence-electron chi connectivity index (χ0n) is 9.45. The van der Waals surface area contributed by atoms with Crippen LogP contribution in [0.5, 0.6) is 0 Å². The second-order valence-electron chi connectivity index (χ2n) is 3.39. The quantitative estimate of drug-likeness (QED) is 0.682. The van der Waals surface area contributed by atoms with Crippen LogP contribution in [0.15, 0.2) is 0 Å². The number of hydrogen-bond acceptors (Lipinski definition) is 5. The third kappa shape index (κ3) is 5.20. The summed E-state index contributed by atoms with van der Waals surface area (Å²) in [7, 11) is 3.69. The Morgan fingerprint density at radius 2 is 1.87 bits per heavy atom. The summed E-state index contributed by atoms with van der Waals surface area (Å²) in [6.07, 6.45) is 4.17. The fourth-order valence-electron chi connectivity index (χ4n) is 1.27. The summed E-state index contributed by atoms with van der Waals surface area (Å²) in [4.78, 5) is 0. The molecule has 0 spiro atoms. The Labute approximate surface area is 95.1 Å². The summed E-state index contributed by atoms with van der Waals surface area (Å²) >= 11 is 1.73. The van der Waals surface area contributed by atoms with Crippen LogP contribution in [-0.4, -0.2) is 37.5 Å². The van der Waals surface area contributed by atoms with Crippen molar-refractivity contribution in [2.24, 2.45) is 0 Å². The molecule has 0 radical (unpaired) electrons. The van der Waals surface area contributed by atoms with Gasteiger partial charge in [0.2, 0.25) is 0 Å². The standard InChI is InChI=1S/C10H19N3OS/c1-11-7-3-5-9-12-13-10(15-9)6-4-8-14-2/h11H,3-8H2,1-2H3. The second-order valence-corrected chi connectivity index (χ2v) is 4.54. The number of ether oxygens (including phenoxy) is 1. The van der Waals surface area contributed by atoms with Gasteiger partial charge >= 0.3 is 0 Å². The highest BCUT2D eigenvalue weighted by molar-refractivity contribution is 7.11. The van der Waals surface area contributed by atoms with E-state index in [0.29, 0.717) is 0 Å². The maximum absolute atomic E-state index is 5.00. The lowest BCUT2D eigenvalue weighted by Crippen LogP contribution is -2.08. The minimum atomic E-state index is 0.800. The Morgan fingerprint density at radius 3 is 2.47 bits per heavy atom. The molecule has 1 rings (SSSR count). The Morgan fingerprint density at radius 1 is 1.20 bits per heavy atom. The fraction of sp³-hybridized carbons (Fsp3) is 0.800. The maximum Gasteiger partial charge on any atom is 0.117 e. The van der Waals surface area contributed by atoms with Crippen molar-refractivity contribution >= 4 is 11.3 Å². The van der Waals surface area contributed by atoms with Gasteiger partial charge in [-0.3, -0.25) is 0 Å². The summed E-state index contributed by atoms with van der Waals surface area (Å²) in [6, 6.07) is 0. The van der Waals surface area contributed by atoms with Crippen LogP contribution in [0.4, 0.5) is 0 Å². The fourth-order valence-corrected chi connectivity index (χ4v) is 2.20. The number of nitrogens with one attached hydrogen (secondary N) is 1. The van der Waals surface area contributed by atoms with Gasteiger partial charge in [-0.2, -0.15) is 0 Å². The summed E-state index contributed by atoms with van der Waals surface area (Å²) in [5.41, 5.74) is 0. The lowest BCUT2D eigenvalue weighted by atomic mass is 10.3. The molecule has 0 fully saturated rings. The molecule has 0 amide bonds. The second kappa shape index (κ2) is 7.73. The molecule has 0 aliphatic carbocycles. The predicted molar refractivity (Wildman–Crippen MR) is 62.4 cm³/mol. The SMILES string of the molecule is CNCCCc1nnc(CCCOC)s1. The topological polar surface area (TPSA) is 47.0 Å². The Kier molecular flexibility index (Phi) is 6.47. The number of nitrogens with zero attached hydrogens (tertiary/aromatic N) is 2. The number of rotatable bonds is 8. The van der Waals surface area contributed by atoms with E-state index in [1.807, 2.05) is 7.05 Å². The molecule has 1 aromatic rings. The van der Waals surface area contributed by atoms with E-state index >= 15 is 0 Å². The maximum atomic E-state index is 5.00. The van der Waals surface area contributed by atoms with Gasteiger partial charge in [-0.05, 0) is 26.4 Å². The first-order valence-electron chi connectivity index (χ1n) is 5.31. The van der Waals surface area contributed by atoms with Crippen molar-refractivity contribution in [3.63, 3.8) is 0 Å². The van der Waals surface area contributed by atoms with Crippen LogP contribution in [0.1, 0.15) is 22.9 Å². The van der Waals surface area contributed by atoms with Crippen molar-refractivity contribution in [1.82, 2.24) is 15.5 Å². The lowest BCUT2D eigenvalue weighted by Gasteiger charge is -1.95. The number of hydrogen-bond donors (Lipinski definition) is 1. The van der Waals surface area contributed by atoms with Gasteiger partial charge in [0.15, 0.2) is 0 Å².